The first kappa shape index (κ1) is 14.0. The molecule has 0 aliphatic heterocycles. The van der Waals surface area contributed by atoms with Gasteiger partial charge in [-0.2, -0.15) is 15.0 Å². The van der Waals surface area contributed by atoms with Crippen molar-refractivity contribution in [2.24, 2.45) is 5.84 Å². The van der Waals surface area contributed by atoms with E-state index in [0.717, 1.165) is 6.42 Å². The normalized spacial score (nSPS) is 11.8. The van der Waals surface area contributed by atoms with Crippen LogP contribution in [0.1, 0.15) is 12.5 Å². The monoisotopic (exact) mass is 274 g/mol. The summed E-state index contributed by atoms with van der Waals surface area (Å²) < 4.78 is 5.00. The summed E-state index contributed by atoms with van der Waals surface area (Å²) in [5.74, 6) is 5.99. The van der Waals surface area contributed by atoms with E-state index in [4.69, 9.17) is 10.6 Å². The molecule has 0 aliphatic carbocycles. The molecule has 1 aromatic carbocycles. The first-order valence-corrected chi connectivity index (χ1v) is 6.28. The maximum Gasteiger partial charge on any atom is 0.322 e. The number of nitrogens with zero attached hydrogens (tertiary/aromatic N) is 3. The Morgan fingerprint density at radius 3 is 2.50 bits per heavy atom. The molecule has 2 rings (SSSR count). The Hall–Kier alpha value is -2.41. The van der Waals surface area contributed by atoms with E-state index in [0.29, 0.717) is 5.95 Å². The molecular weight excluding hydrogens is 256 g/mol. The Labute approximate surface area is 117 Å². The number of rotatable bonds is 6. The zero-order valence-electron chi connectivity index (χ0n) is 11.5. The lowest BCUT2D eigenvalue weighted by molar-refractivity contribution is 0.379. The average molecular weight is 274 g/mol. The average Bonchev–Trinajstić information content (AvgIpc) is 2.47. The summed E-state index contributed by atoms with van der Waals surface area (Å²) in [6, 6.07) is 10.6. The third kappa shape index (κ3) is 3.79. The Morgan fingerprint density at radius 2 is 1.85 bits per heavy atom. The van der Waals surface area contributed by atoms with Crippen LogP contribution >= 0.6 is 0 Å². The van der Waals surface area contributed by atoms with Gasteiger partial charge in [0.1, 0.15) is 0 Å². The molecule has 0 saturated carbocycles. The third-order valence-corrected chi connectivity index (χ3v) is 2.69. The van der Waals surface area contributed by atoms with Gasteiger partial charge in [-0.25, -0.2) is 5.84 Å². The number of nitrogens with two attached hydrogens (primary N) is 1. The van der Waals surface area contributed by atoms with Crippen LogP contribution < -0.4 is 21.3 Å². The van der Waals surface area contributed by atoms with Gasteiger partial charge in [0.2, 0.25) is 11.9 Å². The first-order chi connectivity index (χ1) is 9.71. The summed E-state index contributed by atoms with van der Waals surface area (Å²) >= 11 is 0. The van der Waals surface area contributed by atoms with Crippen molar-refractivity contribution in [1.82, 2.24) is 15.0 Å². The smallest absolute Gasteiger partial charge is 0.322 e. The summed E-state index contributed by atoms with van der Waals surface area (Å²) in [5, 5.41) is 3.20. The van der Waals surface area contributed by atoms with Crippen molar-refractivity contribution >= 4 is 11.9 Å². The van der Waals surface area contributed by atoms with E-state index in [-0.39, 0.29) is 18.0 Å². The molecule has 1 atom stereocenters. The summed E-state index contributed by atoms with van der Waals surface area (Å²) in [6.45, 7) is 2.05. The summed E-state index contributed by atoms with van der Waals surface area (Å²) in [5.41, 5.74) is 3.62. The summed E-state index contributed by atoms with van der Waals surface area (Å²) in [4.78, 5) is 12.2. The minimum Gasteiger partial charge on any atom is -0.467 e. The number of nitrogen functional groups attached to an aromatic ring is 1. The van der Waals surface area contributed by atoms with Crippen LogP contribution in [0, 0.1) is 0 Å². The van der Waals surface area contributed by atoms with E-state index in [1.54, 1.807) is 0 Å². The topological polar surface area (TPSA) is 98.0 Å². The van der Waals surface area contributed by atoms with E-state index in [1.807, 2.05) is 18.2 Å². The second kappa shape index (κ2) is 6.67. The standard InChI is InChI=1S/C13H18N6O/c1-9(8-10-6-4-3-5-7-10)15-11-16-12(19-14)18-13(17-11)20-2/h3-7,9H,8,14H2,1-2H3,(H2,15,16,17,18,19). The minimum absolute atomic E-state index is 0.162. The number of aromatic nitrogens is 3. The van der Waals surface area contributed by atoms with Gasteiger partial charge in [0.25, 0.3) is 0 Å². The van der Waals surface area contributed by atoms with Gasteiger partial charge in [-0.1, -0.05) is 30.3 Å². The molecule has 0 amide bonds. The Balaban J connectivity index is 2.05. The van der Waals surface area contributed by atoms with Crippen LogP contribution in [0.2, 0.25) is 0 Å². The van der Waals surface area contributed by atoms with Gasteiger partial charge in [0.15, 0.2) is 0 Å². The van der Waals surface area contributed by atoms with E-state index in [9.17, 15) is 0 Å². The number of hydrazine groups is 1. The molecule has 0 spiro atoms. The lowest BCUT2D eigenvalue weighted by atomic mass is 10.1. The van der Waals surface area contributed by atoms with Crippen molar-refractivity contribution < 1.29 is 4.74 Å². The zero-order valence-corrected chi connectivity index (χ0v) is 11.5. The van der Waals surface area contributed by atoms with E-state index < -0.39 is 0 Å². The fourth-order valence-electron chi connectivity index (χ4n) is 1.82. The summed E-state index contributed by atoms with van der Waals surface area (Å²) in [6.07, 6.45) is 0.861. The maximum absolute atomic E-state index is 5.31. The molecule has 0 saturated heterocycles. The van der Waals surface area contributed by atoms with Gasteiger partial charge in [-0.3, -0.25) is 5.43 Å². The second-order valence-corrected chi connectivity index (χ2v) is 4.35. The molecule has 4 N–H and O–H groups in total. The fraction of sp³-hybridized carbons (Fsp3) is 0.308. The highest BCUT2D eigenvalue weighted by molar-refractivity contribution is 5.36. The Kier molecular flexibility index (Phi) is 4.67. The highest BCUT2D eigenvalue weighted by atomic mass is 16.5. The van der Waals surface area contributed by atoms with Crippen LogP contribution in [0.3, 0.4) is 0 Å². The van der Waals surface area contributed by atoms with Crippen LogP contribution in [-0.2, 0) is 6.42 Å². The Bertz CT molecular complexity index is 526. The molecule has 2 aromatic rings. The molecule has 0 radical (unpaired) electrons. The molecule has 7 nitrogen and oxygen atoms in total. The predicted molar refractivity (Wildman–Crippen MR) is 77.4 cm³/mol. The number of methoxy groups -OCH3 is 1. The molecule has 106 valence electrons. The van der Waals surface area contributed by atoms with Crippen LogP contribution in [0.15, 0.2) is 30.3 Å². The van der Waals surface area contributed by atoms with Crippen LogP contribution in [-0.4, -0.2) is 28.1 Å². The lowest BCUT2D eigenvalue weighted by Crippen LogP contribution is -2.21. The SMILES string of the molecule is COc1nc(NN)nc(NC(C)Cc2ccccc2)n1. The number of hydrogen-bond acceptors (Lipinski definition) is 7. The van der Waals surface area contributed by atoms with Gasteiger partial charge in [0, 0.05) is 6.04 Å². The zero-order chi connectivity index (χ0) is 14.4. The van der Waals surface area contributed by atoms with Crippen LogP contribution in [0.5, 0.6) is 6.01 Å². The third-order valence-electron chi connectivity index (χ3n) is 2.69. The van der Waals surface area contributed by atoms with Crippen LogP contribution in [0.4, 0.5) is 11.9 Å². The number of anilines is 2. The molecule has 0 bridgehead atoms. The molecule has 1 aromatic heterocycles. The molecule has 1 heterocycles. The van der Waals surface area contributed by atoms with Crippen molar-refractivity contribution in [3.05, 3.63) is 35.9 Å². The fourth-order valence-corrected chi connectivity index (χ4v) is 1.82. The van der Waals surface area contributed by atoms with Gasteiger partial charge in [-0.05, 0) is 18.9 Å². The molecule has 20 heavy (non-hydrogen) atoms. The van der Waals surface area contributed by atoms with Gasteiger partial charge in [0.05, 0.1) is 7.11 Å². The van der Waals surface area contributed by atoms with Crippen molar-refractivity contribution in [2.45, 2.75) is 19.4 Å². The highest BCUT2D eigenvalue weighted by Gasteiger charge is 2.09. The van der Waals surface area contributed by atoms with Crippen molar-refractivity contribution in [2.75, 3.05) is 17.9 Å². The van der Waals surface area contributed by atoms with Gasteiger partial charge >= 0.3 is 6.01 Å². The maximum atomic E-state index is 5.31. The van der Waals surface area contributed by atoms with Crippen molar-refractivity contribution in [3.63, 3.8) is 0 Å². The second-order valence-electron chi connectivity index (χ2n) is 4.35. The van der Waals surface area contributed by atoms with E-state index in [2.05, 4.69) is 44.8 Å². The van der Waals surface area contributed by atoms with Crippen molar-refractivity contribution in [3.8, 4) is 6.01 Å². The van der Waals surface area contributed by atoms with E-state index >= 15 is 0 Å². The highest BCUT2D eigenvalue weighted by Crippen LogP contribution is 2.12. The number of benzene rings is 1. The first-order valence-electron chi connectivity index (χ1n) is 6.28. The van der Waals surface area contributed by atoms with Gasteiger partial charge in [-0.15, -0.1) is 0 Å². The largest absolute Gasteiger partial charge is 0.467 e. The molecule has 1 unspecified atom stereocenters. The van der Waals surface area contributed by atoms with Crippen molar-refractivity contribution in [1.29, 1.82) is 0 Å². The predicted octanol–water partition coefficient (Wildman–Crippen LogP) is 1.21. The summed E-state index contributed by atoms with van der Waals surface area (Å²) in [7, 11) is 1.49. The van der Waals surface area contributed by atoms with Gasteiger partial charge < -0.3 is 10.1 Å². The molecule has 0 aliphatic rings. The minimum atomic E-state index is 0.162. The quantitative estimate of drug-likeness (QED) is 0.538. The lowest BCUT2D eigenvalue weighted by Gasteiger charge is -2.14. The Morgan fingerprint density at radius 1 is 1.15 bits per heavy atom. The molecule has 7 heteroatoms. The van der Waals surface area contributed by atoms with Crippen LogP contribution in [0.25, 0.3) is 0 Å². The molecule has 0 fully saturated rings. The molecular formula is C13H18N6O. The number of hydrogen-bond donors (Lipinski definition) is 3. The van der Waals surface area contributed by atoms with E-state index in [1.165, 1.54) is 12.7 Å². The number of ether oxygens (including phenoxy) is 1. The number of nitrogens with one attached hydrogen (secondary N) is 2.